The van der Waals surface area contributed by atoms with Gasteiger partial charge in [0.2, 0.25) is 10.0 Å². The molecule has 2 aromatic carbocycles. The van der Waals surface area contributed by atoms with E-state index in [2.05, 4.69) is 15.4 Å². The van der Waals surface area contributed by atoms with Gasteiger partial charge >= 0.3 is 0 Å². The van der Waals surface area contributed by atoms with Crippen LogP contribution >= 0.6 is 11.3 Å². The van der Waals surface area contributed by atoms with Crippen LogP contribution in [0.25, 0.3) is 0 Å². The highest BCUT2D eigenvalue weighted by Crippen LogP contribution is 2.39. The molecule has 0 atom stereocenters. The number of amides is 2. The molecule has 0 saturated heterocycles. The molecule has 10 heteroatoms. The maximum atomic E-state index is 13.4. The van der Waals surface area contributed by atoms with E-state index in [0.29, 0.717) is 28.5 Å². The van der Waals surface area contributed by atoms with Crippen LogP contribution in [0.2, 0.25) is 0 Å². The Morgan fingerprint density at radius 3 is 2.43 bits per heavy atom. The van der Waals surface area contributed by atoms with Crippen molar-refractivity contribution < 1.29 is 22.7 Å². The van der Waals surface area contributed by atoms with Crippen molar-refractivity contribution in [2.45, 2.75) is 44.4 Å². The first kappa shape index (κ1) is 26.8. The summed E-state index contributed by atoms with van der Waals surface area (Å²) in [6.45, 7) is 4.12. The summed E-state index contributed by atoms with van der Waals surface area (Å²) < 4.78 is 33.1. The molecule has 1 heterocycles. The van der Waals surface area contributed by atoms with Gasteiger partial charge < -0.3 is 15.4 Å². The number of sulfonamides is 1. The van der Waals surface area contributed by atoms with Crippen LogP contribution in [-0.4, -0.2) is 33.9 Å². The molecular formula is C27H31N3O5S2. The first-order valence-electron chi connectivity index (χ1n) is 12.2. The molecule has 0 fully saturated rings. The molecule has 4 rings (SSSR count). The SMILES string of the molecule is COc1ccc(NC(=O)c2c(NC(=O)c3cccc(S(=O)(=O)NCC(C)C)c3)sc3c2CCCC3)cc1. The van der Waals surface area contributed by atoms with E-state index in [-0.39, 0.29) is 22.3 Å². The molecular weight excluding hydrogens is 510 g/mol. The number of carbonyl (C=O) groups is 2. The van der Waals surface area contributed by atoms with Gasteiger partial charge in [-0.15, -0.1) is 11.3 Å². The minimum absolute atomic E-state index is 0.0174. The fraction of sp³-hybridized carbons (Fsp3) is 0.333. The molecule has 1 aromatic heterocycles. The van der Waals surface area contributed by atoms with Gasteiger partial charge in [0.1, 0.15) is 10.8 Å². The maximum absolute atomic E-state index is 13.4. The van der Waals surface area contributed by atoms with Crippen molar-refractivity contribution in [3.8, 4) is 5.75 Å². The largest absolute Gasteiger partial charge is 0.497 e. The Hall–Kier alpha value is -3.21. The van der Waals surface area contributed by atoms with Crippen molar-refractivity contribution in [1.29, 1.82) is 0 Å². The number of anilines is 2. The Labute approximate surface area is 221 Å². The quantitative estimate of drug-likeness (QED) is 0.350. The molecule has 2 amide bonds. The molecule has 196 valence electrons. The van der Waals surface area contributed by atoms with Crippen molar-refractivity contribution in [1.82, 2.24) is 4.72 Å². The van der Waals surface area contributed by atoms with Crippen LogP contribution in [0.15, 0.2) is 53.4 Å². The molecule has 0 unspecified atom stereocenters. The van der Waals surface area contributed by atoms with Gasteiger partial charge in [-0.1, -0.05) is 19.9 Å². The normalized spacial score (nSPS) is 13.2. The Bertz CT molecular complexity index is 1400. The van der Waals surface area contributed by atoms with Gasteiger partial charge in [0.05, 0.1) is 17.6 Å². The lowest BCUT2D eigenvalue weighted by molar-refractivity contribution is 0.102. The highest BCUT2D eigenvalue weighted by Gasteiger charge is 2.27. The summed E-state index contributed by atoms with van der Waals surface area (Å²) in [7, 11) is -2.17. The number of carbonyl (C=O) groups excluding carboxylic acids is 2. The summed E-state index contributed by atoms with van der Waals surface area (Å²) in [5, 5.41) is 6.27. The van der Waals surface area contributed by atoms with E-state index in [1.54, 1.807) is 37.4 Å². The molecule has 0 bridgehead atoms. The van der Waals surface area contributed by atoms with Gasteiger partial charge in [0.25, 0.3) is 11.8 Å². The van der Waals surface area contributed by atoms with E-state index in [0.717, 1.165) is 36.1 Å². The van der Waals surface area contributed by atoms with Gasteiger partial charge in [0.15, 0.2) is 0 Å². The molecule has 0 radical (unpaired) electrons. The monoisotopic (exact) mass is 541 g/mol. The molecule has 3 N–H and O–H groups in total. The van der Waals surface area contributed by atoms with E-state index in [4.69, 9.17) is 4.74 Å². The number of methoxy groups -OCH3 is 1. The lowest BCUT2D eigenvalue weighted by Crippen LogP contribution is -2.27. The Kier molecular flexibility index (Phi) is 8.31. The lowest BCUT2D eigenvalue weighted by Gasteiger charge is -2.14. The summed E-state index contributed by atoms with van der Waals surface area (Å²) in [6, 6.07) is 12.9. The van der Waals surface area contributed by atoms with Crippen LogP contribution in [0, 0.1) is 5.92 Å². The molecule has 8 nitrogen and oxygen atoms in total. The van der Waals surface area contributed by atoms with E-state index < -0.39 is 15.9 Å². The minimum Gasteiger partial charge on any atom is -0.497 e. The molecule has 0 saturated carbocycles. The average Bonchev–Trinajstić information content (AvgIpc) is 3.26. The van der Waals surface area contributed by atoms with Crippen molar-refractivity contribution >= 4 is 43.9 Å². The second-order valence-electron chi connectivity index (χ2n) is 9.33. The van der Waals surface area contributed by atoms with E-state index in [1.165, 1.54) is 29.5 Å². The summed E-state index contributed by atoms with van der Waals surface area (Å²) >= 11 is 1.41. The van der Waals surface area contributed by atoms with Crippen molar-refractivity contribution in [3.63, 3.8) is 0 Å². The van der Waals surface area contributed by atoms with Crippen molar-refractivity contribution in [2.75, 3.05) is 24.3 Å². The Balaban J connectivity index is 1.59. The smallest absolute Gasteiger partial charge is 0.258 e. The fourth-order valence-corrected chi connectivity index (χ4v) is 6.64. The van der Waals surface area contributed by atoms with Gasteiger partial charge in [-0.05, 0) is 79.6 Å². The zero-order chi connectivity index (χ0) is 26.6. The number of rotatable bonds is 9. The summed E-state index contributed by atoms with van der Waals surface area (Å²) in [5.41, 5.74) is 2.24. The highest BCUT2D eigenvalue weighted by atomic mass is 32.2. The van der Waals surface area contributed by atoms with E-state index in [1.807, 2.05) is 13.8 Å². The Morgan fingerprint density at radius 1 is 1.00 bits per heavy atom. The van der Waals surface area contributed by atoms with Crippen molar-refractivity contribution in [2.24, 2.45) is 5.92 Å². The number of hydrogen-bond donors (Lipinski definition) is 3. The van der Waals surface area contributed by atoms with Gasteiger partial charge in [-0.25, -0.2) is 13.1 Å². The zero-order valence-corrected chi connectivity index (χ0v) is 22.7. The van der Waals surface area contributed by atoms with Gasteiger partial charge in [0, 0.05) is 22.7 Å². The molecule has 3 aromatic rings. The second-order valence-corrected chi connectivity index (χ2v) is 12.2. The molecule has 0 aliphatic heterocycles. The van der Waals surface area contributed by atoms with Gasteiger partial charge in [-0.3, -0.25) is 9.59 Å². The third-order valence-electron chi connectivity index (χ3n) is 6.06. The molecule has 1 aliphatic rings. The van der Waals surface area contributed by atoms with E-state index in [9.17, 15) is 18.0 Å². The first-order chi connectivity index (χ1) is 17.7. The van der Waals surface area contributed by atoms with Crippen molar-refractivity contribution in [3.05, 3.63) is 70.1 Å². The fourth-order valence-electron chi connectivity index (χ4n) is 4.10. The highest BCUT2D eigenvalue weighted by molar-refractivity contribution is 7.89. The summed E-state index contributed by atoms with van der Waals surface area (Å²) in [5.74, 6) is 0.0585. The topological polar surface area (TPSA) is 114 Å². The number of hydrogen-bond acceptors (Lipinski definition) is 6. The standard InChI is InChI=1S/C27H31N3O5S2/c1-17(2)16-28-37(33,34)21-8-6-7-18(15-21)25(31)30-27-24(22-9-4-5-10-23(22)36-27)26(32)29-19-11-13-20(35-3)14-12-19/h6-8,11-15,17,28H,4-5,9-10,16H2,1-3H3,(H,29,32)(H,30,31). The third kappa shape index (κ3) is 6.38. The number of nitrogens with one attached hydrogen (secondary N) is 3. The van der Waals surface area contributed by atoms with Crippen LogP contribution in [0.1, 0.15) is 57.8 Å². The molecule has 1 aliphatic carbocycles. The number of benzene rings is 2. The summed E-state index contributed by atoms with van der Waals surface area (Å²) in [6.07, 6.45) is 3.63. The number of fused-ring (bicyclic) bond motifs is 1. The molecule has 37 heavy (non-hydrogen) atoms. The Morgan fingerprint density at radius 2 is 1.73 bits per heavy atom. The molecule has 0 spiro atoms. The number of aryl methyl sites for hydroxylation is 1. The van der Waals surface area contributed by atoms with Crippen LogP contribution in [0.3, 0.4) is 0 Å². The maximum Gasteiger partial charge on any atom is 0.258 e. The summed E-state index contributed by atoms with van der Waals surface area (Å²) in [4.78, 5) is 27.7. The predicted octanol–water partition coefficient (Wildman–Crippen LogP) is 5.07. The van der Waals surface area contributed by atoms with Crippen LogP contribution < -0.4 is 20.1 Å². The minimum atomic E-state index is -3.75. The first-order valence-corrected chi connectivity index (χ1v) is 14.5. The zero-order valence-electron chi connectivity index (χ0n) is 21.1. The van der Waals surface area contributed by atoms with E-state index >= 15 is 0 Å². The van der Waals surface area contributed by atoms with Crippen LogP contribution in [-0.2, 0) is 22.9 Å². The third-order valence-corrected chi connectivity index (χ3v) is 8.69. The number of thiophene rings is 1. The van der Waals surface area contributed by atoms with Crippen LogP contribution in [0.5, 0.6) is 5.75 Å². The number of ether oxygens (including phenoxy) is 1. The lowest BCUT2D eigenvalue weighted by atomic mass is 9.95. The average molecular weight is 542 g/mol. The van der Waals surface area contributed by atoms with Crippen LogP contribution in [0.4, 0.5) is 10.7 Å². The second kappa shape index (κ2) is 11.5. The van der Waals surface area contributed by atoms with Gasteiger partial charge in [-0.2, -0.15) is 0 Å². The predicted molar refractivity (Wildman–Crippen MR) is 146 cm³/mol.